The van der Waals surface area contributed by atoms with E-state index < -0.39 is 18.1 Å². The number of carboxylic acid groups (broad SMARTS) is 1. The van der Waals surface area contributed by atoms with Gasteiger partial charge in [0.1, 0.15) is 12.6 Å². The summed E-state index contributed by atoms with van der Waals surface area (Å²) < 4.78 is 5.32. The Morgan fingerprint density at radius 2 is 2.05 bits per heavy atom. The van der Waals surface area contributed by atoms with Gasteiger partial charge < -0.3 is 9.84 Å². The monoisotopic (exact) mass is 375 g/mol. The molecule has 1 fully saturated rings. The van der Waals surface area contributed by atoms with E-state index in [-0.39, 0.29) is 10.5 Å². The summed E-state index contributed by atoms with van der Waals surface area (Å²) in [5, 5.41) is 9.08. The number of aliphatic carboxylic acids is 1. The highest BCUT2D eigenvalue weighted by molar-refractivity contribution is 14.1. The topological polar surface area (TPSA) is 66.8 Å². The summed E-state index contributed by atoms with van der Waals surface area (Å²) in [7, 11) is 0. The molecule has 0 saturated carbocycles. The molecule has 1 aliphatic heterocycles. The number of carboxylic acids is 1. The summed E-state index contributed by atoms with van der Waals surface area (Å²) in [5.41, 5.74) is 0.882. The third-order valence-electron chi connectivity index (χ3n) is 2.97. The first-order valence-electron chi connectivity index (χ1n) is 5.92. The van der Waals surface area contributed by atoms with Crippen molar-refractivity contribution < 1.29 is 19.4 Å². The maximum Gasteiger partial charge on any atom is 0.410 e. The lowest BCUT2D eigenvalue weighted by Gasteiger charge is -2.20. The first-order chi connectivity index (χ1) is 9.08. The number of alkyl halides is 1. The molecule has 0 radical (unpaired) electrons. The van der Waals surface area contributed by atoms with Gasteiger partial charge in [0.15, 0.2) is 0 Å². The Labute approximate surface area is 124 Å². The molecule has 0 aliphatic carbocycles. The second-order valence-electron chi connectivity index (χ2n) is 4.38. The minimum Gasteiger partial charge on any atom is -0.480 e. The highest BCUT2D eigenvalue weighted by Gasteiger charge is 2.39. The Morgan fingerprint density at radius 3 is 2.68 bits per heavy atom. The molecule has 5 nitrogen and oxygen atoms in total. The number of carbonyl (C=O) groups excluding carboxylic acids is 1. The summed E-state index contributed by atoms with van der Waals surface area (Å²) in [5.74, 6) is -0.976. The van der Waals surface area contributed by atoms with E-state index in [1.165, 1.54) is 4.90 Å². The number of likely N-dealkylation sites (tertiary alicyclic amines) is 1. The first-order valence-corrected chi connectivity index (χ1v) is 7.16. The fourth-order valence-electron chi connectivity index (χ4n) is 2.02. The fourth-order valence-corrected chi connectivity index (χ4v) is 2.93. The van der Waals surface area contributed by atoms with Crippen LogP contribution in [-0.4, -0.2) is 38.6 Å². The van der Waals surface area contributed by atoms with E-state index in [0.717, 1.165) is 5.56 Å². The number of rotatable bonds is 3. The number of carbonyl (C=O) groups is 2. The minimum atomic E-state index is -0.976. The number of halogens is 1. The Kier molecular flexibility index (Phi) is 4.62. The second-order valence-corrected chi connectivity index (χ2v) is 6.14. The van der Waals surface area contributed by atoms with Crippen LogP contribution in [-0.2, 0) is 16.1 Å². The highest BCUT2D eigenvalue weighted by Crippen LogP contribution is 2.25. The number of hydrogen-bond acceptors (Lipinski definition) is 3. The molecule has 1 unspecified atom stereocenters. The molecule has 1 aliphatic rings. The van der Waals surface area contributed by atoms with Crippen molar-refractivity contribution in [2.45, 2.75) is 23.0 Å². The van der Waals surface area contributed by atoms with Gasteiger partial charge in [-0.25, -0.2) is 9.59 Å². The van der Waals surface area contributed by atoms with Crippen molar-refractivity contribution in [2.24, 2.45) is 0 Å². The molecule has 2 atom stereocenters. The van der Waals surface area contributed by atoms with Crippen LogP contribution in [0.25, 0.3) is 0 Å². The molecule has 1 heterocycles. The van der Waals surface area contributed by atoms with Gasteiger partial charge in [-0.2, -0.15) is 0 Å². The smallest absolute Gasteiger partial charge is 0.410 e. The molecule has 0 spiro atoms. The molecule has 1 N–H and O–H groups in total. The number of nitrogens with zero attached hydrogens (tertiary/aromatic N) is 1. The maximum absolute atomic E-state index is 11.9. The Hall–Kier alpha value is -1.31. The summed E-state index contributed by atoms with van der Waals surface area (Å²) in [6.07, 6.45) is -0.0912. The minimum absolute atomic E-state index is 0.156. The van der Waals surface area contributed by atoms with Crippen LogP contribution >= 0.6 is 22.6 Å². The van der Waals surface area contributed by atoms with Crippen molar-refractivity contribution in [3.8, 4) is 0 Å². The lowest BCUT2D eigenvalue weighted by atomic mass is 10.2. The third-order valence-corrected chi connectivity index (χ3v) is 3.88. The van der Waals surface area contributed by atoms with Gasteiger partial charge in [0.2, 0.25) is 0 Å². The molecular weight excluding hydrogens is 361 g/mol. The number of ether oxygens (including phenoxy) is 1. The zero-order valence-electron chi connectivity index (χ0n) is 10.2. The van der Waals surface area contributed by atoms with Gasteiger partial charge in [-0.15, -0.1) is 0 Å². The van der Waals surface area contributed by atoms with Crippen LogP contribution in [0.4, 0.5) is 4.79 Å². The van der Waals surface area contributed by atoms with Crippen LogP contribution < -0.4 is 0 Å². The largest absolute Gasteiger partial charge is 0.480 e. The van der Waals surface area contributed by atoms with Crippen molar-refractivity contribution in [1.82, 2.24) is 4.90 Å². The van der Waals surface area contributed by atoms with E-state index in [1.807, 2.05) is 30.3 Å². The normalized spacial score (nSPS) is 22.3. The number of hydrogen-bond donors (Lipinski definition) is 1. The van der Waals surface area contributed by atoms with Gasteiger partial charge in [-0.3, -0.25) is 4.90 Å². The van der Waals surface area contributed by atoms with Crippen LogP contribution in [0.3, 0.4) is 0 Å². The van der Waals surface area contributed by atoms with Crippen molar-refractivity contribution in [1.29, 1.82) is 0 Å². The van der Waals surface area contributed by atoms with Crippen LogP contribution in [0.5, 0.6) is 0 Å². The van der Waals surface area contributed by atoms with Crippen LogP contribution in [0.1, 0.15) is 12.0 Å². The SMILES string of the molecule is O=C(O)[C@@H]1CC(I)CN1C(=O)OCc1ccccc1. The molecule has 19 heavy (non-hydrogen) atoms. The summed E-state index contributed by atoms with van der Waals surface area (Å²) in [4.78, 5) is 24.3. The van der Waals surface area contributed by atoms with E-state index >= 15 is 0 Å². The highest BCUT2D eigenvalue weighted by atomic mass is 127. The molecule has 0 aromatic heterocycles. The van der Waals surface area contributed by atoms with E-state index in [4.69, 9.17) is 9.84 Å². The molecule has 2 rings (SSSR count). The lowest BCUT2D eigenvalue weighted by Crippen LogP contribution is -2.40. The Balaban J connectivity index is 1.94. The Bertz CT molecular complexity index is 465. The average Bonchev–Trinajstić information content (AvgIpc) is 2.79. The van der Waals surface area contributed by atoms with Gasteiger partial charge in [-0.05, 0) is 12.0 Å². The van der Waals surface area contributed by atoms with Crippen LogP contribution in [0.2, 0.25) is 0 Å². The number of amides is 1. The van der Waals surface area contributed by atoms with Crippen molar-refractivity contribution in [3.63, 3.8) is 0 Å². The van der Waals surface area contributed by atoms with Crippen LogP contribution in [0.15, 0.2) is 30.3 Å². The summed E-state index contributed by atoms with van der Waals surface area (Å²) >= 11 is 2.16. The van der Waals surface area contributed by atoms with E-state index in [0.29, 0.717) is 13.0 Å². The molecule has 0 bridgehead atoms. The molecule has 1 aromatic carbocycles. The van der Waals surface area contributed by atoms with Gasteiger partial charge in [0.25, 0.3) is 0 Å². The van der Waals surface area contributed by atoms with E-state index in [1.54, 1.807) is 0 Å². The molecule has 6 heteroatoms. The maximum atomic E-state index is 11.9. The fraction of sp³-hybridized carbons (Fsp3) is 0.385. The van der Waals surface area contributed by atoms with E-state index in [9.17, 15) is 9.59 Å². The quantitative estimate of drug-likeness (QED) is 0.651. The van der Waals surface area contributed by atoms with Crippen molar-refractivity contribution >= 4 is 34.7 Å². The van der Waals surface area contributed by atoms with Crippen molar-refractivity contribution in [3.05, 3.63) is 35.9 Å². The predicted octanol–water partition coefficient (Wildman–Crippen LogP) is 2.29. The number of benzene rings is 1. The molecule has 1 saturated heterocycles. The first kappa shape index (κ1) is 14.1. The zero-order chi connectivity index (χ0) is 13.8. The summed E-state index contributed by atoms with van der Waals surface area (Å²) in [6, 6.07) is 8.54. The summed E-state index contributed by atoms with van der Waals surface area (Å²) in [6.45, 7) is 0.583. The lowest BCUT2D eigenvalue weighted by molar-refractivity contribution is -0.141. The third kappa shape index (κ3) is 3.59. The average molecular weight is 375 g/mol. The molecule has 102 valence electrons. The van der Waals surface area contributed by atoms with Crippen LogP contribution in [0, 0.1) is 0 Å². The molecule has 1 aromatic rings. The van der Waals surface area contributed by atoms with Gasteiger partial charge in [-0.1, -0.05) is 52.9 Å². The molecule has 1 amide bonds. The second kappa shape index (κ2) is 6.23. The predicted molar refractivity (Wildman–Crippen MR) is 77.2 cm³/mol. The standard InChI is InChI=1S/C13H14INO4/c14-10-6-11(12(16)17)15(7-10)13(18)19-8-9-4-2-1-3-5-9/h1-5,10-11H,6-8H2,(H,16,17)/t10?,11-/m0/s1. The zero-order valence-corrected chi connectivity index (χ0v) is 12.3. The van der Waals surface area contributed by atoms with Gasteiger partial charge >= 0.3 is 12.1 Å². The van der Waals surface area contributed by atoms with E-state index in [2.05, 4.69) is 22.6 Å². The van der Waals surface area contributed by atoms with Crippen molar-refractivity contribution in [2.75, 3.05) is 6.54 Å². The Morgan fingerprint density at radius 1 is 1.37 bits per heavy atom. The van der Waals surface area contributed by atoms with Gasteiger partial charge in [0.05, 0.1) is 0 Å². The van der Waals surface area contributed by atoms with Gasteiger partial charge in [0, 0.05) is 10.5 Å². The molecular formula is C13H14INO4.